The Kier molecular flexibility index (Phi) is 4.15. The van der Waals surface area contributed by atoms with Gasteiger partial charge in [-0.05, 0) is 52.9 Å². The van der Waals surface area contributed by atoms with Crippen LogP contribution in [-0.2, 0) is 12.8 Å². The first-order chi connectivity index (χ1) is 8.15. The van der Waals surface area contributed by atoms with Gasteiger partial charge in [-0.3, -0.25) is 0 Å². The van der Waals surface area contributed by atoms with Gasteiger partial charge in [0.25, 0.3) is 0 Å². The Morgan fingerprint density at radius 2 is 2.12 bits per heavy atom. The lowest BCUT2D eigenvalue weighted by Crippen LogP contribution is -2.25. The van der Waals surface area contributed by atoms with E-state index in [0.717, 1.165) is 6.42 Å². The maximum Gasteiger partial charge on any atom is 0.127 e. The van der Waals surface area contributed by atoms with Gasteiger partial charge in [-0.1, -0.05) is 17.7 Å². The van der Waals surface area contributed by atoms with Crippen LogP contribution in [0.1, 0.15) is 11.1 Å². The van der Waals surface area contributed by atoms with Gasteiger partial charge in [-0.2, -0.15) is 11.3 Å². The molecule has 2 N–H and O–H groups in total. The fraction of sp³-hybridized carbons (Fsp3) is 0.231. The van der Waals surface area contributed by atoms with E-state index in [2.05, 4.69) is 5.38 Å². The van der Waals surface area contributed by atoms with Crippen LogP contribution in [0.4, 0.5) is 4.39 Å². The van der Waals surface area contributed by atoms with E-state index in [9.17, 15) is 4.39 Å². The maximum atomic E-state index is 13.6. The van der Waals surface area contributed by atoms with E-state index in [4.69, 9.17) is 17.3 Å². The summed E-state index contributed by atoms with van der Waals surface area (Å²) in [7, 11) is 0. The van der Waals surface area contributed by atoms with E-state index in [1.54, 1.807) is 23.5 Å². The second-order valence-electron chi connectivity index (χ2n) is 4.04. The molecule has 1 aromatic carbocycles. The van der Waals surface area contributed by atoms with Crippen LogP contribution in [0.15, 0.2) is 35.0 Å². The van der Waals surface area contributed by atoms with Gasteiger partial charge in [-0.15, -0.1) is 0 Å². The van der Waals surface area contributed by atoms with Crippen molar-refractivity contribution in [1.82, 2.24) is 0 Å². The molecular weight excluding hydrogens is 257 g/mol. The van der Waals surface area contributed by atoms with Gasteiger partial charge in [0.05, 0.1) is 0 Å². The number of rotatable bonds is 4. The normalized spacial score (nSPS) is 12.6. The second kappa shape index (κ2) is 5.63. The van der Waals surface area contributed by atoms with Crippen LogP contribution < -0.4 is 5.73 Å². The molecule has 1 unspecified atom stereocenters. The third kappa shape index (κ3) is 3.53. The van der Waals surface area contributed by atoms with Crippen molar-refractivity contribution in [2.24, 2.45) is 5.73 Å². The monoisotopic (exact) mass is 269 g/mol. The molecule has 0 saturated heterocycles. The minimum absolute atomic E-state index is 0.0692. The van der Waals surface area contributed by atoms with Crippen LogP contribution in [0.25, 0.3) is 0 Å². The van der Waals surface area contributed by atoms with E-state index in [-0.39, 0.29) is 11.9 Å². The minimum atomic E-state index is -0.279. The largest absolute Gasteiger partial charge is 0.327 e. The lowest BCUT2D eigenvalue weighted by Gasteiger charge is -2.11. The predicted molar refractivity (Wildman–Crippen MR) is 71.1 cm³/mol. The SMILES string of the molecule is NC(Cc1ccsc1)Cc1ccc(Cl)cc1F. The van der Waals surface area contributed by atoms with E-state index >= 15 is 0 Å². The predicted octanol–water partition coefficient (Wildman–Crippen LogP) is 3.65. The highest BCUT2D eigenvalue weighted by molar-refractivity contribution is 7.07. The van der Waals surface area contributed by atoms with Crippen molar-refractivity contribution in [2.75, 3.05) is 0 Å². The standard InChI is InChI=1S/C13H13ClFNS/c14-11-2-1-10(13(15)7-11)6-12(16)5-9-3-4-17-8-9/h1-4,7-8,12H,5-6,16H2. The molecular formula is C13H13ClFNS. The van der Waals surface area contributed by atoms with E-state index in [0.29, 0.717) is 17.0 Å². The van der Waals surface area contributed by atoms with Crippen molar-refractivity contribution in [3.63, 3.8) is 0 Å². The first kappa shape index (κ1) is 12.6. The highest BCUT2D eigenvalue weighted by Gasteiger charge is 2.09. The maximum absolute atomic E-state index is 13.6. The molecule has 0 aliphatic heterocycles. The lowest BCUT2D eigenvalue weighted by atomic mass is 10.0. The van der Waals surface area contributed by atoms with Gasteiger partial charge in [-0.25, -0.2) is 4.39 Å². The van der Waals surface area contributed by atoms with E-state index in [1.165, 1.54) is 11.6 Å². The summed E-state index contributed by atoms with van der Waals surface area (Å²) < 4.78 is 13.6. The molecule has 2 rings (SSSR count). The number of thiophene rings is 1. The Hall–Kier alpha value is -0.900. The molecule has 1 aromatic heterocycles. The van der Waals surface area contributed by atoms with Crippen molar-refractivity contribution >= 4 is 22.9 Å². The van der Waals surface area contributed by atoms with Gasteiger partial charge in [0.1, 0.15) is 5.82 Å². The van der Waals surface area contributed by atoms with Gasteiger partial charge in [0.15, 0.2) is 0 Å². The number of hydrogen-bond donors (Lipinski definition) is 1. The van der Waals surface area contributed by atoms with Crippen LogP contribution >= 0.6 is 22.9 Å². The average molecular weight is 270 g/mol. The summed E-state index contributed by atoms with van der Waals surface area (Å²) in [6, 6.07) is 6.69. The first-order valence-corrected chi connectivity index (χ1v) is 6.68. The third-order valence-corrected chi connectivity index (χ3v) is 3.54. The molecule has 17 heavy (non-hydrogen) atoms. The van der Waals surface area contributed by atoms with Crippen LogP contribution in [0.5, 0.6) is 0 Å². The number of hydrogen-bond acceptors (Lipinski definition) is 2. The molecule has 0 bridgehead atoms. The molecule has 0 saturated carbocycles. The number of halogens is 2. The Bertz CT molecular complexity index is 484. The zero-order chi connectivity index (χ0) is 12.3. The van der Waals surface area contributed by atoms with Crippen LogP contribution in [0.2, 0.25) is 5.02 Å². The van der Waals surface area contributed by atoms with Crippen molar-refractivity contribution < 1.29 is 4.39 Å². The molecule has 0 fully saturated rings. The summed E-state index contributed by atoms with van der Waals surface area (Å²) >= 11 is 7.34. The topological polar surface area (TPSA) is 26.0 Å². The fourth-order valence-corrected chi connectivity index (χ4v) is 2.59. The zero-order valence-electron chi connectivity index (χ0n) is 9.20. The molecule has 0 aliphatic carbocycles. The van der Waals surface area contributed by atoms with Crippen molar-refractivity contribution in [2.45, 2.75) is 18.9 Å². The Balaban J connectivity index is 2.00. The number of benzene rings is 1. The Morgan fingerprint density at radius 1 is 1.29 bits per heavy atom. The van der Waals surface area contributed by atoms with Gasteiger partial charge in [0.2, 0.25) is 0 Å². The van der Waals surface area contributed by atoms with Crippen LogP contribution in [0.3, 0.4) is 0 Å². The zero-order valence-corrected chi connectivity index (χ0v) is 10.8. The van der Waals surface area contributed by atoms with E-state index in [1.807, 2.05) is 11.4 Å². The molecule has 0 amide bonds. The molecule has 0 aliphatic rings. The smallest absolute Gasteiger partial charge is 0.127 e. The summed E-state index contributed by atoms with van der Waals surface area (Å²) in [6.07, 6.45) is 1.30. The summed E-state index contributed by atoms with van der Waals surface area (Å²) in [6.45, 7) is 0. The van der Waals surface area contributed by atoms with Crippen LogP contribution in [-0.4, -0.2) is 6.04 Å². The summed E-state index contributed by atoms with van der Waals surface area (Å²) in [5.74, 6) is -0.279. The third-order valence-electron chi connectivity index (χ3n) is 2.58. The van der Waals surface area contributed by atoms with Crippen LogP contribution in [0, 0.1) is 5.82 Å². The second-order valence-corrected chi connectivity index (χ2v) is 5.25. The molecule has 1 nitrogen and oxygen atoms in total. The number of nitrogens with two attached hydrogens (primary N) is 1. The molecule has 0 spiro atoms. The van der Waals surface area contributed by atoms with Gasteiger partial charge in [0, 0.05) is 11.1 Å². The first-order valence-electron chi connectivity index (χ1n) is 5.36. The highest BCUT2D eigenvalue weighted by atomic mass is 35.5. The quantitative estimate of drug-likeness (QED) is 0.901. The molecule has 2 aromatic rings. The summed E-state index contributed by atoms with van der Waals surface area (Å²) in [5.41, 5.74) is 7.84. The van der Waals surface area contributed by atoms with Gasteiger partial charge >= 0.3 is 0 Å². The van der Waals surface area contributed by atoms with Crippen molar-refractivity contribution in [3.8, 4) is 0 Å². The Labute approximate surface area is 109 Å². The Morgan fingerprint density at radius 3 is 2.76 bits per heavy atom. The van der Waals surface area contributed by atoms with Crippen molar-refractivity contribution in [3.05, 3.63) is 57.0 Å². The molecule has 4 heteroatoms. The van der Waals surface area contributed by atoms with Gasteiger partial charge < -0.3 is 5.73 Å². The van der Waals surface area contributed by atoms with E-state index < -0.39 is 0 Å². The molecule has 1 heterocycles. The minimum Gasteiger partial charge on any atom is -0.327 e. The molecule has 0 radical (unpaired) electrons. The molecule has 90 valence electrons. The highest BCUT2D eigenvalue weighted by Crippen LogP contribution is 2.17. The lowest BCUT2D eigenvalue weighted by molar-refractivity contribution is 0.584. The fourth-order valence-electron chi connectivity index (χ4n) is 1.75. The average Bonchev–Trinajstić information content (AvgIpc) is 2.75. The summed E-state index contributed by atoms with van der Waals surface area (Å²) in [4.78, 5) is 0. The molecule has 1 atom stereocenters. The van der Waals surface area contributed by atoms with Crippen molar-refractivity contribution in [1.29, 1.82) is 0 Å². The summed E-state index contributed by atoms with van der Waals surface area (Å²) in [5, 5.41) is 4.50.